The van der Waals surface area contributed by atoms with Crippen LogP contribution in [0.15, 0.2) is 0 Å². The third-order valence-corrected chi connectivity index (χ3v) is 3.31. The lowest BCUT2D eigenvalue weighted by Crippen LogP contribution is -2.42. The van der Waals surface area contributed by atoms with E-state index < -0.39 is 11.9 Å². The molecule has 1 atom stereocenters. The average molecular weight is 270 g/mol. The van der Waals surface area contributed by atoms with Gasteiger partial charge in [-0.05, 0) is 13.3 Å². The molecule has 112 valence electrons. The molecule has 19 heavy (non-hydrogen) atoms. The number of rotatable bonds is 12. The Kier molecular flexibility index (Phi) is 11.3. The van der Waals surface area contributed by atoms with Crippen LogP contribution in [0.2, 0.25) is 0 Å². The van der Waals surface area contributed by atoms with Gasteiger partial charge in [0.25, 0.3) is 0 Å². The Balaban J connectivity index is 3.30. The van der Waals surface area contributed by atoms with Crippen molar-refractivity contribution in [2.75, 3.05) is 0 Å². The fourth-order valence-electron chi connectivity index (χ4n) is 1.98. The summed E-state index contributed by atoms with van der Waals surface area (Å²) in [5.74, 6) is -0.560. The molecule has 0 aromatic rings. The van der Waals surface area contributed by atoms with Crippen LogP contribution in [0.25, 0.3) is 0 Å². The Hall–Kier alpha value is -1.06. The minimum atomic E-state index is -0.564. The van der Waals surface area contributed by atoms with Gasteiger partial charge in [0.15, 0.2) is 0 Å². The number of unbranched alkanes of at least 4 members (excludes halogenated alkanes) is 8. The highest BCUT2D eigenvalue weighted by Crippen LogP contribution is 2.10. The molecule has 0 saturated heterocycles. The van der Waals surface area contributed by atoms with Gasteiger partial charge in [0, 0.05) is 6.42 Å². The number of carbonyl (C=O) groups excluding carboxylic acids is 2. The number of hydrogen-bond donors (Lipinski definition) is 2. The zero-order chi connectivity index (χ0) is 14.5. The Morgan fingerprint density at radius 2 is 1.42 bits per heavy atom. The van der Waals surface area contributed by atoms with Crippen LogP contribution in [0.1, 0.15) is 78.1 Å². The molecule has 0 aliphatic carbocycles. The van der Waals surface area contributed by atoms with Crippen LogP contribution in [-0.2, 0) is 9.59 Å². The SMILES string of the molecule is CCCCCCCCCCCC(=O)NC(C)C(N)=O. The molecule has 0 radical (unpaired) electrons. The molecule has 0 fully saturated rings. The molecule has 0 aliphatic rings. The zero-order valence-electron chi connectivity index (χ0n) is 12.5. The molecule has 0 aliphatic heterocycles. The molecule has 3 N–H and O–H groups in total. The summed E-state index contributed by atoms with van der Waals surface area (Å²) in [7, 11) is 0. The van der Waals surface area contributed by atoms with Crippen molar-refractivity contribution in [2.24, 2.45) is 5.73 Å². The zero-order valence-corrected chi connectivity index (χ0v) is 12.5. The van der Waals surface area contributed by atoms with Crippen LogP contribution >= 0.6 is 0 Å². The first kappa shape index (κ1) is 17.9. The molecular weight excluding hydrogens is 240 g/mol. The molecule has 0 spiro atoms. The van der Waals surface area contributed by atoms with Crippen molar-refractivity contribution in [1.82, 2.24) is 5.32 Å². The highest BCUT2D eigenvalue weighted by atomic mass is 16.2. The van der Waals surface area contributed by atoms with Crippen molar-refractivity contribution in [3.63, 3.8) is 0 Å². The van der Waals surface area contributed by atoms with Gasteiger partial charge in [0.1, 0.15) is 6.04 Å². The van der Waals surface area contributed by atoms with Gasteiger partial charge in [-0.15, -0.1) is 0 Å². The summed E-state index contributed by atoms with van der Waals surface area (Å²) in [4.78, 5) is 22.2. The summed E-state index contributed by atoms with van der Waals surface area (Å²) >= 11 is 0. The lowest BCUT2D eigenvalue weighted by Gasteiger charge is -2.09. The third-order valence-electron chi connectivity index (χ3n) is 3.31. The molecule has 4 nitrogen and oxygen atoms in total. The summed E-state index contributed by atoms with van der Waals surface area (Å²) in [6, 6.07) is -0.564. The second-order valence-electron chi connectivity index (χ2n) is 5.27. The van der Waals surface area contributed by atoms with Gasteiger partial charge >= 0.3 is 0 Å². The summed E-state index contributed by atoms with van der Waals surface area (Å²) in [6.45, 7) is 3.83. The number of nitrogens with one attached hydrogen (secondary N) is 1. The van der Waals surface area contributed by atoms with Crippen molar-refractivity contribution in [3.05, 3.63) is 0 Å². The van der Waals surface area contributed by atoms with E-state index in [1.165, 1.54) is 44.9 Å². The monoisotopic (exact) mass is 270 g/mol. The molecule has 1 unspecified atom stereocenters. The Labute approximate surface area is 117 Å². The van der Waals surface area contributed by atoms with Gasteiger partial charge in [-0.3, -0.25) is 9.59 Å². The number of amides is 2. The van der Waals surface area contributed by atoms with Gasteiger partial charge in [-0.2, -0.15) is 0 Å². The number of nitrogens with two attached hydrogens (primary N) is 1. The first-order valence-electron chi connectivity index (χ1n) is 7.66. The van der Waals surface area contributed by atoms with Gasteiger partial charge in [-0.1, -0.05) is 58.3 Å². The summed E-state index contributed by atoms with van der Waals surface area (Å²) in [5, 5.41) is 2.59. The summed E-state index contributed by atoms with van der Waals surface area (Å²) in [5.41, 5.74) is 5.07. The van der Waals surface area contributed by atoms with Crippen molar-refractivity contribution >= 4 is 11.8 Å². The number of hydrogen-bond acceptors (Lipinski definition) is 2. The van der Waals surface area contributed by atoms with Crippen LogP contribution < -0.4 is 11.1 Å². The largest absolute Gasteiger partial charge is 0.368 e. The highest BCUT2D eigenvalue weighted by molar-refractivity contribution is 5.86. The molecule has 0 aromatic carbocycles. The number of carbonyl (C=O) groups is 2. The van der Waals surface area contributed by atoms with E-state index in [-0.39, 0.29) is 5.91 Å². The number of primary amides is 1. The van der Waals surface area contributed by atoms with E-state index in [9.17, 15) is 9.59 Å². The molecule has 0 saturated carbocycles. The standard InChI is InChI=1S/C15H30N2O2/c1-3-4-5-6-7-8-9-10-11-12-14(18)17-13(2)15(16)19/h13H,3-12H2,1-2H3,(H2,16,19)(H,17,18). The third kappa shape index (κ3) is 11.7. The van der Waals surface area contributed by atoms with Gasteiger partial charge in [0.2, 0.25) is 11.8 Å². The fourth-order valence-corrected chi connectivity index (χ4v) is 1.98. The van der Waals surface area contributed by atoms with Gasteiger partial charge in [-0.25, -0.2) is 0 Å². The Morgan fingerprint density at radius 3 is 1.89 bits per heavy atom. The maximum absolute atomic E-state index is 11.4. The van der Waals surface area contributed by atoms with E-state index in [4.69, 9.17) is 5.73 Å². The lowest BCUT2D eigenvalue weighted by molar-refractivity contribution is -0.127. The van der Waals surface area contributed by atoms with Crippen molar-refractivity contribution in [1.29, 1.82) is 0 Å². The topological polar surface area (TPSA) is 72.2 Å². The second kappa shape index (κ2) is 12.0. The second-order valence-corrected chi connectivity index (χ2v) is 5.27. The first-order valence-corrected chi connectivity index (χ1v) is 7.66. The van der Waals surface area contributed by atoms with E-state index in [1.807, 2.05) is 0 Å². The van der Waals surface area contributed by atoms with Crippen LogP contribution in [0.4, 0.5) is 0 Å². The Morgan fingerprint density at radius 1 is 0.947 bits per heavy atom. The van der Waals surface area contributed by atoms with Crippen molar-refractivity contribution in [2.45, 2.75) is 84.1 Å². The van der Waals surface area contributed by atoms with E-state index >= 15 is 0 Å². The van der Waals surface area contributed by atoms with Gasteiger partial charge < -0.3 is 11.1 Å². The minimum Gasteiger partial charge on any atom is -0.368 e. The maximum Gasteiger partial charge on any atom is 0.239 e. The summed E-state index contributed by atoms with van der Waals surface area (Å²) < 4.78 is 0. The van der Waals surface area contributed by atoms with Crippen LogP contribution in [0.5, 0.6) is 0 Å². The van der Waals surface area contributed by atoms with Crippen LogP contribution in [-0.4, -0.2) is 17.9 Å². The van der Waals surface area contributed by atoms with Crippen LogP contribution in [0, 0.1) is 0 Å². The molecule has 0 heterocycles. The van der Waals surface area contributed by atoms with Crippen molar-refractivity contribution in [3.8, 4) is 0 Å². The predicted molar refractivity (Wildman–Crippen MR) is 78.6 cm³/mol. The molecule has 0 rings (SSSR count). The summed E-state index contributed by atoms with van der Waals surface area (Å²) in [6.07, 6.45) is 11.6. The smallest absolute Gasteiger partial charge is 0.239 e. The van der Waals surface area contributed by atoms with E-state index in [0.717, 1.165) is 12.8 Å². The lowest BCUT2D eigenvalue weighted by atomic mass is 10.1. The fraction of sp³-hybridized carbons (Fsp3) is 0.867. The highest BCUT2D eigenvalue weighted by Gasteiger charge is 2.11. The molecule has 2 amide bonds. The first-order chi connectivity index (χ1) is 9.07. The van der Waals surface area contributed by atoms with E-state index in [2.05, 4.69) is 12.2 Å². The molecule has 0 aromatic heterocycles. The average Bonchev–Trinajstić information content (AvgIpc) is 2.36. The minimum absolute atomic E-state index is 0.0748. The molecule has 0 bridgehead atoms. The van der Waals surface area contributed by atoms with Crippen LogP contribution in [0.3, 0.4) is 0 Å². The maximum atomic E-state index is 11.4. The van der Waals surface area contributed by atoms with E-state index in [0.29, 0.717) is 6.42 Å². The van der Waals surface area contributed by atoms with Crippen molar-refractivity contribution < 1.29 is 9.59 Å². The van der Waals surface area contributed by atoms with Gasteiger partial charge in [0.05, 0.1) is 0 Å². The molecular formula is C15H30N2O2. The Bertz CT molecular complexity index is 255. The normalized spacial score (nSPS) is 12.1. The predicted octanol–water partition coefficient (Wildman–Crippen LogP) is 2.90. The quantitative estimate of drug-likeness (QED) is 0.535. The molecule has 4 heteroatoms. The van der Waals surface area contributed by atoms with E-state index in [1.54, 1.807) is 6.92 Å².